The van der Waals surface area contributed by atoms with Gasteiger partial charge < -0.3 is 97.9 Å². The Labute approximate surface area is 772 Å². The van der Waals surface area contributed by atoms with E-state index in [1.807, 2.05) is 48.5 Å². The Balaban J connectivity index is 0.000000167. The van der Waals surface area contributed by atoms with Crippen LogP contribution in [0.25, 0.3) is 0 Å². The summed E-state index contributed by atoms with van der Waals surface area (Å²) in [6.07, 6.45) is 26.8. The maximum atomic E-state index is 12.8. The van der Waals surface area contributed by atoms with Crippen LogP contribution >= 0.6 is 0 Å². The molecule has 0 aliphatic heterocycles. The van der Waals surface area contributed by atoms with Crippen molar-refractivity contribution in [3.8, 4) is 92.0 Å². The number of hydrogen-bond donors (Lipinski definition) is 8. The number of phenolic OH excluding ortho intramolecular Hbond substituents is 8. The molecule has 8 heterocycles. The number of ether oxygens (including phenoxy) is 8. The fourth-order valence-electron chi connectivity index (χ4n) is 11.8. The normalized spacial score (nSPS) is 10.3. The van der Waals surface area contributed by atoms with E-state index in [2.05, 4.69) is 64.1 Å². The fraction of sp³-hybridized carbons (Fsp3) is 0.0800. The first-order valence-electron chi connectivity index (χ1n) is 39.0. The summed E-state index contributed by atoms with van der Waals surface area (Å²) in [5, 5.41) is 82.6. The zero-order valence-electron chi connectivity index (χ0n) is 68.4. The predicted molar refractivity (Wildman–Crippen MR) is 462 cm³/mol. The van der Waals surface area contributed by atoms with Crippen molar-refractivity contribution in [2.75, 3.05) is 0 Å². The number of carbonyl (C=O) groups excluding carboxylic acids is 4. The second-order valence-electron chi connectivity index (χ2n) is 27.6. The van der Waals surface area contributed by atoms with Crippen molar-refractivity contribution in [2.45, 2.75) is 52.9 Å². The molecule has 0 atom stereocenters. The quantitative estimate of drug-likeness (QED) is 0.0110. The van der Waals surface area contributed by atoms with E-state index in [9.17, 15) is 60.0 Å². The van der Waals surface area contributed by atoms with Gasteiger partial charge in [0.1, 0.15) is 122 Å². The third-order valence-corrected chi connectivity index (χ3v) is 18.4. The molecule has 0 spiro atoms. The maximum Gasteiger partial charge on any atom is 2.00 e. The molecule has 16 rings (SSSR count). The Morgan fingerprint density at radius 1 is 0.215 bits per heavy atom. The van der Waals surface area contributed by atoms with E-state index in [1.165, 1.54) is 97.1 Å². The van der Waals surface area contributed by atoms with E-state index in [4.69, 9.17) is 37.9 Å². The molecule has 0 saturated heterocycles. The Kier molecular flexibility index (Phi) is 34.7. The molecule has 0 bridgehead atoms. The summed E-state index contributed by atoms with van der Waals surface area (Å²) in [5.74, 6) is -1.51. The van der Waals surface area contributed by atoms with Gasteiger partial charge in [-0.2, -0.15) is 0 Å². The monoisotopic (exact) mass is 1920 g/mol. The number of aromatic nitrogens is 8. The minimum atomic E-state index is -0.572. The van der Waals surface area contributed by atoms with Gasteiger partial charge in [-0.15, -0.1) is 48.5 Å². The van der Waals surface area contributed by atoms with Crippen molar-refractivity contribution < 1.29 is 139 Å². The smallest absolute Gasteiger partial charge is 0.551 e. The number of carbonyl (C=O) groups is 4. The minimum Gasteiger partial charge on any atom is -0.551 e. The summed E-state index contributed by atoms with van der Waals surface area (Å²) >= 11 is 0. The standard InChI is InChI=1S/4C25H19N2O5.2Pd/c4*28-23-11-19(31-15-17-3-1-9-26-13-17)5-7-21(23)25(30)22-8-6-20(12-24(22)29)32-16-18-4-2-10-27-14-18;;/h4*1-7,9-14,28-29H,15-16H2;;/q4*-1;2*+2. The zero-order valence-corrected chi connectivity index (χ0v) is 71.5. The molecule has 0 aliphatic rings. The third kappa shape index (κ3) is 27.4. The van der Waals surface area contributed by atoms with Gasteiger partial charge in [-0.05, 0) is 72.8 Å². The van der Waals surface area contributed by atoms with Crippen molar-refractivity contribution >= 4 is 23.1 Å². The number of hydrogen-bond acceptors (Lipinski definition) is 28. The molecule has 0 aliphatic carbocycles. The van der Waals surface area contributed by atoms with E-state index in [1.54, 1.807) is 172 Å². The number of pyridine rings is 8. The molecular formula is C100H76N8O20Pd2. The van der Waals surface area contributed by atoms with Crippen molar-refractivity contribution in [3.05, 3.63) is 431 Å². The number of phenols is 8. The van der Waals surface area contributed by atoms with Gasteiger partial charge in [0.25, 0.3) is 0 Å². The Morgan fingerprint density at radius 2 is 0.369 bits per heavy atom. The average molecular weight is 1920 g/mol. The molecule has 0 amide bonds. The van der Waals surface area contributed by atoms with Gasteiger partial charge in [-0.1, -0.05) is 119 Å². The van der Waals surface area contributed by atoms with Crippen LogP contribution in [0.1, 0.15) is 108 Å². The number of benzene rings is 8. The van der Waals surface area contributed by atoms with E-state index in [0.29, 0.717) is 46.0 Å². The van der Waals surface area contributed by atoms with Gasteiger partial charge in [-0.25, -0.2) is 0 Å². The second-order valence-corrected chi connectivity index (χ2v) is 27.6. The van der Waals surface area contributed by atoms with Gasteiger partial charge in [0.05, 0.1) is 0 Å². The molecule has 0 radical (unpaired) electrons. The molecule has 0 fully saturated rings. The summed E-state index contributed by atoms with van der Waals surface area (Å²) in [4.78, 5) is 83.4. The van der Waals surface area contributed by atoms with Crippen molar-refractivity contribution in [3.63, 3.8) is 0 Å². The van der Waals surface area contributed by atoms with E-state index in [0.717, 1.165) is 44.5 Å². The van der Waals surface area contributed by atoms with Crippen LogP contribution in [0, 0.1) is 24.3 Å². The van der Waals surface area contributed by atoms with Crippen LogP contribution in [0.5, 0.6) is 92.0 Å². The molecule has 130 heavy (non-hydrogen) atoms. The zero-order chi connectivity index (χ0) is 89.4. The molecular weight excluding hydrogens is 1850 g/mol. The number of aromatic hydroxyl groups is 8. The van der Waals surface area contributed by atoms with E-state index >= 15 is 0 Å². The molecule has 30 heteroatoms. The topological polar surface area (TPSA) is 407 Å². The van der Waals surface area contributed by atoms with Crippen LogP contribution in [0.2, 0.25) is 0 Å². The molecule has 16 aromatic rings. The summed E-state index contributed by atoms with van der Waals surface area (Å²) in [7, 11) is 0. The van der Waals surface area contributed by atoms with Crippen LogP contribution in [0.4, 0.5) is 0 Å². The van der Waals surface area contributed by atoms with Gasteiger partial charge in [0, 0.05) is 236 Å². The first-order valence-corrected chi connectivity index (χ1v) is 39.0. The maximum absolute atomic E-state index is 12.8. The number of ketones is 4. The van der Waals surface area contributed by atoms with Crippen LogP contribution in [-0.4, -0.2) is 104 Å². The molecule has 656 valence electrons. The third-order valence-electron chi connectivity index (χ3n) is 18.4. The number of rotatable bonds is 32. The van der Waals surface area contributed by atoms with Crippen LogP contribution in [0.15, 0.2) is 318 Å². The van der Waals surface area contributed by atoms with E-state index in [-0.39, 0.29) is 184 Å². The Morgan fingerprint density at radius 3 is 0.508 bits per heavy atom. The summed E-state index contributed by atoms with van der Waals surface area (Å²) < 4.78 is 44.9. The first kappa shape index (κ1) is 94.4. The summed E-state index contributed by atoms with van der Waals surface area (Å²) in [5.41, 5.74) is 6.75. The fourth-order valence-corrected chi connectivity index (χ4v) is 11.8. The molecule has 0 unspecified atom stereocenters. The molecule has 8 aromatic heterocycles. The summed E-state index contributed by atoms with van der Waals surface area (Å²) in [6.45, 7) is 2.13. The minimum absolute atomic E-state index is 0. The van der Waals surface area contributed by atoms with Crippen molar-refractivity contribution in [1.82, 2.24) is 39.9 Å². The van der Waals surface area contributed by atoms with Gasteiger partial charge in [0.15, 0.2) is 0 Å². The second kappa shape index (κ2) is 47.7. The SMILES string of the molecule is O=C(c1[c-]cc(OCc2cccnc2)cc1O)c1ccc(OCc2cccnc2)cc1O.O=C(c1[c-]cc(OCc2cccnc2)cc1O)c1ccc(OCc2cccnc2)cc1O.O=C(c1[c-]cc(OCc2cccnc2)cc1O)c1ccc(OCc2cccnc2)cc1O.O=C(c1[c-]cc(OCc2cccnc2)cc1O)c1ccc(OCc2cccnc2)cc1O.[Pd+2].[Pd+2]. The molecule has 28 nitrogen and oxygen atoms in total. The van der Waals surface area contributed by atoms with Crippen LogP contribution < -0.4 is 37.9 Å². The van der Waals surface area contributed by atoms with Crippen LogP contribution in [0.3, 0.4) is 0 Å². The average Bonchev–Trinajstić information content (AvgIpc) is 0.823. The Hall–Kier alpha value is -16.2. The predicted octanol–water partition coefficient (Wildman–Crippen LogP) is 16.3. The number of nitrogens with zero attached hydrogens (tertiary/aromatic N) is 8. The largest absolute Gasteiger partial charge is 2.00 e. The molecule has 0 saturated carbocycles. The molecule has 8 N–H and O–H groups in total. The first-order chi connectivity index (χ1) is 62.4. The van der Waals surface area contributed by atoms with Crippen LogP contribution in [-0.2, 0) is 93.7 Å². The summed E-state index contributed by atoms with van der Waals surface area (Å²) in [6, 6.07) is 69.0. The van der Waals surface area contributed by atoms with E-state index < -0.39 is 23.1 Å². The van der Waals surface area contributed by atoms with Gasteiger partial charge in [0.2, 0.25) is 0 Å². The van der Waals surface area contributed by atoms with Crippen molar-refractivity contribution in [2.24, 2.45) is 0 Å². The molecule has 8 aromatic carbocycles. The van der Waals surface area contributed by atoms with Crippen molar-refractivity contribution in [1.29, 1.82) is 0 Å². The van der Waals surface area contributed by atoms with Gasteiger partial charge in [-0.3, -0.25) is 39.9 Å². The Bertz CT molecular complexity index is 5270. The van der Waals surface area contributed by atoms with Gasteiger partial charge >= 0.3 is 40.8 Å².